The third-order valence-corrected chi connectivity index (χ3v) is 2.78. The first-order chi connectivity index (χ1) is 7.02. The van der Waals surface area contributed by atoms with Gasteiger partial charge in [0.05, 0.1) is 11.2 Å². The molecule has 0 bridgehead atoms. The third-order valence-electron chi connectivity index (χ3n) is 2.78. The van der Waals surface area contributed by atoms with Gasteiger partial charge in [-0.2, -0.15) is 4.52 Å². The molecule has 2 heterocycles. The van der Waals surface area contributed by atoms with Crippen molar-refractivity contribution >= 4 is 5.52 Å². The van der Waals surface area contributed by atoms with E-state index in [0.717, 1.165) is 22.7 Å². The predicted octanol–water partition coefficient (Wildman–Crippen LogP) is 2.17. The smallest absolute Gasteiger partial charge is 0.129 e. The van der Waals surface area contributed by atoms with E-state index >= 15 is 0 Å². The molecule has 4 heteroatoms. The van der Waals surface area contributed by atoms with Crippen LogP contribution >= 0.6 is 0 Å². The predicted molar refractivity (Wildman–Crippen MR) is 59.1 cm³/mol. The minimum Gasteiger partial charge on any atom is -0.238 e. The zero-order chi connectivity index (χ0) is 11.2. The highest BCUT2D eigenvalue weighted by Gasteiger charge is 2.15. The van der Waals surface area contributed by atoms with Crippen molar-refractivity contribution in [2.75, 3.05) is 0 Å². The van der Waals surface area contributed by atoms with E-state index in [1.54, 1.807) is 0 Å². The SMILES string of the molecule is Cc1nc(C)n2nnc(C(C)C)c2c1C. The Morgan fingerprint density at radius 1 is 1.13 bits per heavy atom. The molecule has 2 aromatic heterocycles. The summed E-state index contributed by atoms with van der Waals surface area (Å²) in [6.45, 7) is 10.3. The lowest BCUT2D eigenvalue weighted by Crippen LogP contribution is -2.02. The first kappa shape index (κ1) is 10.1. The van der Waals surface area contributed by atoms with Crippen LogP contribution in [0.4, 0.5) is 0 Å². The van der Waals surface area contributed by atoms with Gasteiger partial charge in [-0.25, -0.2) is 4.98 Å². The summed E-state index contributed by atoms with van der Waals surface area (Å²) in [4.78, 5) is 4.43. The molecule has 0 saturated carbocycles. The number of aryl methyl sites for hydroxylation is 3. The zero-order valence-electron chi connectivity index (χ0n) is 9.87. The van der Waals surface area contributed by atoms with E-state index in [9.17, 15) is 0 Å². The van der Waals surface area contributed by atoms with Crippen LogP contribution in [0.15, 0.2) is 0 Å². The Bertz CT molecular complexity index is 511. The molecular weight excluding hydrogens is 188 g/mol. The van der Waals surface area contributed by atoms with E-state index in [-0.39, 0.29) is 0 Å². The fourth-order valence-corrected chi connectivity index (χ4v) is 1.81. The third kappa shape index (κ3) is 1.40. The van der Waals surface area contributed by atoms with Gasteiger partial charge in [0.15, 0.2) is 0 Å². The van der Waals surface area contributed by atoms with Crippen LogP contribution in [0.5, 0.6) is 0 Å². The number of hydrogen-bond acceptors (Lipinski definition) is 3. The minimum atomic E-state index is 0.391. The molecule has 15 heavy (non-hydrogen) atoms. The van der Waals surface area contributed by atoms with Crippen LogP contribution in [-0.4, -0.2) is 19.8 Å². The van der Waals surface area contributed by atoms with E-state index < -0.39 is 0 Å². The Morgan fingerprint density at radius 3 is 2.40 bits per heavy atom. The second kappa shape index (κ2) is 3.29. The van der Waals surface area contributed by atoms with Crippen molar-refractivity contribution in [2.45, 2.75) is 40.5 Å². The van der Waals surface area contributed by atoms with E-state index in [1.807, 2.05) is 18.4 Å². The lowest BCUT2D eigenvalue weighted by molar-refractivity contribution is 0.766. The molecule has 0 atom stereocenters. The number of aromatic nitrogens is 4. The summed E-state index contributed by atoms with van der Waals surface area (Å²) in [6.07, 6.45) is 0. The van der Waals surface area contributed by atoms with Crippen molar-refractivity contribution < 1.29 is 0 Å². The topological polar surface area (TPSA) is 43.1 Å². The Morgan fingerprint density at radius 2 is 1.80 bits per heavy atom. The summed E-state index contributed by atoms with van der Waals surface area (Å²) in [7, 11) is 0. The molecule has 2 rings (SSSR count). The molecule has 0 N–H and O–H groups in total. The van der Waals surface area contributed by atoms with Gasteiger partial charge in [-0.3, -0.25) is 0 Å². The lowest BCUT2D eigenvalue weighted by atomic mass is 10.1. The fraction of sp³-hybridized carbons (Fsp3) is 0.545. The lowest BCUT2D eigenvalue weighted by Gasteiger charge is -2.07. The quantitative estimate of drug-likeness (QED) is 0.715. The average molecular weight is 204 g/mol. The largest absolute Gasteiger partial charge is 0.238 e. The number of rotatable bonds is 1. The van der Waals surface area contributed by atoms with Crippen LogP contribution in [0, 0.1) is 20.8 Å². The molecule has 0 spiro atoms. The number of hydrogen-bond donors (Lipinski definition) is 0. The van der Waals surface area contributed by atoms with Gasteiger partial charge in [-0.05, 0) is 32.3 Å². The van der Waals surface area contributed by atoms with Gasteiger partial charge in [-0.1, -0.05) is 19.1 Å². The molecule has 80 valence electrons. The van der Waals surface area contributed by atoms with Crippen LogP contribution in [0.1, 0.15) is 42.5 Å². The molecule has 0 saturated heterocycles. The number of nitrogens with zero attached hydrogens (tertiary/aromatic N) is 4. The van der Waals surface area contributed by atoms with Gasteiger partial charge in [0.25, 0.3) is 0 Å². The van der Waals surface area contributed by atoms with Crippen LogP contribution in [0.3, 0.4) is 0 Å². The van der Waals surface area contributed by atoms with Gasteiger partial charge in [0, 0.05) is 5.69 Å². The van der Waals surface area contributed by atoms with Gasteiger partial charge in [0.2, 0.25) is 0 Å². The summed E-state index contributed by atoms with van der Waals surface area (Å²) < 4.78 is 1.83. The Hall–Kier alpha value is -1.45. The van der Waals surface area contributed by atoms with Gasteiger partial charge >= 0.3 is 0 Å². The van der Waals surface area contributed by atoms with Gasteiger partial charge in [-0.15, -0.1) is 5.10 Å². The molecule has 2 aromatic rings. The molecule has 0 aromatic carbocycles. The first-order valence-corrected chi connectivity index (χ1v) is 5.21. The van der Waals surface area contributed by atoms with Crippen molar-refractivity contribution in [3.8, 4) is 0 Å². The van der Waals surface area contributed by atoms with Gasteiger partial charge < -0.3 is 0 Å². The highest BCUT2D eigenvalue weighted by atomic mass is 15.4. The monoisotopic (exact) mass is 204 g/mol. The second-order valence-electron chi connectivity index (χ2n) is 4.26. The van der Waals surface area contributed by atoms with Gasteiger partial charge in [0.1, 0.15) is 5.82 Å². The molecule has 0 amide bonds. The summed E-state index contributed by atoms with van der Waals surface area (Å²) >= 11 is 0. The summed E-state index contributed by atoms with van der Waals surface area (Å²) in [6, 6.07) is 0. The highest BCUT2D eigenvalue weighted by Crippen LogP contribution is 2.22. The van der Waals surface area contributed by atoms with E-state index in [2.05, 4.69) is 36.1 Å². The Labute approximate surface area is 89.3 Å². The average Bonchev–Trinajstić information content (AvgIpc) is 2.58. The molecule has 0 aliphatic heterocycles. The highest BCUT2D eigenvalue weighted by molar-refractivity contribution is 5.60. The standard InChI is InChI=1S/C11H16N4/c1-6(2)10-11-7(3)8(4)12-9(5)15(11)14-13-10/h6H,1-5H3. The zero-order valence-corrected chi connectivity index (χ0v) is 9.87. The summed E-state index contributed by atoms with van der Waals surface area (Å²) in [5.74, 6) is 1.29. The maximum Gasteiger partial charge on any atom is 0.129 e. The molecule has 0 radical (unpaired) electrons. The van der Waals surface area contributed by atoms with E-state index in [1.165, 1.54) is 5.56 Å². The molecule has 0 aliphatic rings. The Balaban J connectivity index is 2.89. The summed E-state index contributed by atoms with van der Waals surface area (Å²) in [5.41, 5.74) is 4.41. The molecule has 0 aliphatic carbocycles. The minimum absolute atomic E-state index is 0.391. The van der Waals surface area contributed by atoms with Crippen molar-refractivity contribution in [1.29, 1.82) is 0 Å². The Kier molecular flexibility index (Phi) is 2.21. The van der Waals surface area contributed by atoms with Crippen LogP contribution in [0.2, 0.25) is 0 Å². The summed E-state index contributed by atoms with van der Waals surface area (Å²) in [5, 5.41) is 8.38. The first-order valence-electron chi connectivity index (χ1n) is 5.21. The van der Waals surface area contributed by atoms with Crippen molar-refractivity contribution in [3.63, 3.8) is 0 Å². The molecule has 4 nitrogen and oxygen atoms in total. The molecule has 0 unspecified atom stereocenters. The molecular formula is C11H16N4. The number of fused-ring (bicyclic) bond motifs is 1. The van der Waals surface area contributed by atoms with Crippen molar-refractivity contribution in [1.82, 2.24) is 19.8 Å². The van der Waals surface area contributed by atoms with Crippen LogP contribution in [-0.2, 0) is 0 Å². The van der Waals surface area contributed by atoms with Crippen LogP contribution < -0.4 is 0 Å². The van der Waals surface area contributed by atoms with E-state index in [0.29, 0.717) is 5.92 Å². The van der Waals surface area contributed by atoms with E-state index in [4.69, 9.17) is 0 Å². The normalized spacial score (nSPS) is 11.6. The van der Waals surface area contributed by atoms with Crippen molar-refractivity contribution in [2.24, 2.45) is 0 Å². The molecule has 0 fully saturated rings. The van der Waals surface area contributed by atoms with Crippen molar-refractivity contribution in [3.05, 3.63) is 22.8 Å². The fourth-order valence-electron chi connectivity index (χ4n) is 1.81. The maximum absolute atomic E-state index is 4.43. The second-order valence-corrected chi connectivity index (χ2v) is 4.26. The van der Waals surface area contributed by atoms with Crippen LogP contribution in [0.25, 0.3) is 5.52 Å². The maximum atomic E-state index is 4.43.